The van der Waals surface area contributed by atoms with Crippen molar-refractivity contribution in [3.05, 3.63) is 59.7 Å². The van der Waals surface area contributed by atoms with E-state index in [0.717, 1.165) is 11.6 Å². The second kappa shape index (κ2) is 10.1. The number of carbonyl (C=O) groups excluding carboxylic acids is 1. The first-order valence-electron chi connectivity index (χ1n) is 8.25. The van der Waals surface area contributed by atoms with Crippen LogP contribution in [0.4, 0.5) is 0 Å². The van der Waals surface area contributed by atoms with Gasteiger partial charge < -0.3 is 15.6 Å². The van der Waals surface area contributed by atoms with Crippen molar-refractivity contribution < 1.29 is 27.6 Å². The molecule has 0 unspecified atom stereocenters. The minimum Gasteiger partial charge on any atom is -0.508 e. The second-order valence-electron chi connectivity index (χ2n) is 6.29. The third kappa shape index (κ3) is 7.78. The molecule has 4 N–H and O–H groups in total. The Labute approximate surface area is 159 Å². The zero-order valence-electron chi connectivity index (χ0n) is 15.5. The number of carbonyl (C=O) groups is 1. The number of phenols is 1. The smallest absolute Gasteiger partial charge is 0.323 e. The van der Waals surface area contributed by atoms with Gasteiger partial charge in [0.15, 0.2) is 0 Å². The quantitative estimate of drug-likeness (QED) is 0.524. The molecule has 0 radical (unpaired) electrons. The summed E-state index contributed by atoms with van der Waals surface area (Å²) in [6.07, 6.45) is 0. The van der Waals surface area contributed by atoms with Gasteiger partial charge in [0.2, 0.25) is 0 Å². The number of rotatable bonds is 5. The predicted octanol–water partition coefficient (Wildman–Crippen LogP) is 2.66. The van der Waals surface area contributed by atoms with Crippen LogP contribution in [0, 0.1) is 12.8 Å². The monoisotopic (exact) mass is 395 g/mol. The van der Waals surface area contributed by atoms with Crippen LogP contribution in [-0.4, -0.2) is 30.1 Å². The molecule has 2 aromatic carbocycles. The molecule has 1 atom stereocenters. The van der Waals surface area contributed by atoms with E-state index in [4.69, 9.17) is 20.1 Å². The summed E-state index contributed by atoms with van der Waals surface area (Å²) in [5.41, 5.74) is 7.02. The van der Waals surface area contributed by atoms with Crippen LogP contribution in [0.15, 0.2) is 53.4 Å². The molecule has 8 heteroatoms. The first kappa shape index (κ1) is 22.6. The molecule has 0 saturated heterocycles. The van der Waals surface area contributed by atoms with E-state index in [1.165, 1.54) is 19.1 Å². The molecular weight excluding hydrogens is 370 g/mol. The first-order valence-corrected chi connectivity index (χ1v) is 9.69. The molecule has 27 heavy (non-hydrogen) atoms. The van der Waals surface area contributed by atoms with E-state index in [1.54, 1.807) is 0 Å². The Morgan fingerprint density at radius 2 is 1.74 bits per heavy atom. The van der Waals surface area contributed by atoms with Crippen molar-refractivity contribution in [3.8, 4) is 5.75 Å². The van der Waals surface area contributed by atoms with Crippen molar-refractivity contribution in [2.45, 2.75) is 38.3 Å². The predicted molar refractivity (Wildman–Crippen MR) is 102 cm³/mol. The van der Waals surface area contributed by atoms with Crippen molar-refractivity contribution in [3.63, 3.8) is 0 Å². The number of nitrogens with two attached hydrogens (primary N) is 1. The Balaban J connectivity index is 0.000000277. The van der Waals surface area contributed by atoms with E-state index in [1.807, 2.05) is 44.2 Å². The molecule has 0 aliphatic rings. The average molecular weight is 395 g/mol. The van der Waals surface area contributed by atoms with Gasteiger partial charge in [-0.1, -0.05) is 50.2 Å². The van der Waals surface area contributed by atoms with Gasteiger partial charge in [-0.3, -0.25) is 9.35 Å². The molecule has 148 valence electrons. The fraction of sp³-hybridized carbons (Fsp3) is 0.316. The molecule has 0 spiro atoms. The summed E-state index contributed by atoms with van der Waals surface area (Å²) in [5, 5.41) is 8.93. The number of aromatic hydroxyl groups is 1. The molecule has 0 saturated carbocycles. The standard InChI is InChI=1S/C12H17NO2.C7H8O4S/c1-9(2)11(13)12(14)15-8-10-6-4-3-5-7-10;1-5-2-3-6(8)4-7(5)12(9,10)11/h3-7,9,11H,8,13H2,1-2H3;2-4,8H,1H3,(H,9,10,11)/t11-;/m0./s1. The van der Waals surface area contributed by atoms with Crippen LogP contribution in [-0.2, 0) is 26.3 Å². The molecular formula is C19H25NO6S. The molecule has 0 aliphatic heterocycles. The van der Waals surface area contributed by atoms with E-state index >= 15 is 0 Å². The molecule has 0 aliphatic carbocycles. The number of aryl methyl sites for hydroxylation is 1. The van der Waals surface area contributed by atoms with Gasteiger partial charge in [0.25, 0.3) is 10.1 Å². The van der Waals surface area contributed by atoms with Crippen LogP contribution >= 0.6 is 0 Å². The molecule has 7 nitrogen and oxygen atoms in total. The second-order valence-corrected chi connectivity index (χ2v) is 7.68. The number of phenolic OH excluding ortho intramolecular Hbond substituents is 1. The summed E-state index contributed by atoms with van der Waals surface area (Å²) in [5.74, 6) is -0.421. The number of hydrogen-bond donors (Lipinski definition) is 3. The summed E-state index contributed by atoms with van der Waals surface area (Å²) in [6, 6.07) is 12.8. The van der Waals surface area contributed by atoms with Gasteiger partial charge in [-0.2, -0.15) is 8.42 Å². The highest BCUT2D eigenvalue weighted by Crippen LogP contribution is 2.19. The molecule has 2 aromatic rings. The highest BCUT2D eigenvalue weighted by molar-refractivity contribution is 7.85. The van der Waals surface area contributed by atoms with Crippen LogP contribution in [0.25, 0.3) is 0 Å². The number of benzene rings is 2. The summed E-state index contributed by atoms with van der Waals surface area (Å²) in [6.45, 7) is 5.62. The molecule has 2 rings (SSSR count). The van der Waals surface area contributed by atoms with Crippen LogP contribution in [0.3, 0.4) is 0 Å². The van der Waals surface area contributed by atoms with Gasteiger partial charge in [0.05, 0.1) is 0 Å². The molecule has 0 fully saturated rings. The maximum Gasteiger partial charge on any atom is 0.323 e. The molecule has 0 heterocycles. The van der Waals surface area contributed by atoms with Gasteiger partial charge in [-0.15, -0.1) is 0 Å². The Hall–Kier alpha value is -2.42. The lowest BCUT2D eigenvalue weighted by atomic mass is 10.1. The van der Waals surface area contributed by atoms with Crippen molar-refractivity contribution in [1.29, 1.82) is 0 Å². The van der Waals surface area contributed by atoms with Gasteiger partial charge in [0, 0.05) is 6.07 Å². The van der Waals surface area contributed by atoms with E-state index < -0.39 is 16.2 Å². The zero-order chi connectivity index (χ0) is 20.6. The van der Waals surface area contributed by atoms with Gasteiger partial charge >= 0.3 is 5.97 Å². The molecule has 0 amide bonds. The maximum atomic E-state index is 11.4. The summed E-state index contributed by atoms with van der Waals surface area (Å²) < 4.78 is 35.0. The van der Waals surface area contributed by atoms with Gasteiger partial charge in [-0.05, 0) is 30.0 Å². The minimum atomic E-state index is -4.22. The van der Waals surface area contributed by atoms with Gasteiger partial charge in [-0.25, -0.2) is 0 Å². The summed E-state index contributed by atoms with van der Waals surface area (Å²) in [7, 11) is -4.22. The van der Waals surface area contributed by atoms with Crippen LogP contribution in [0.2, 0.25) is 0 Å². The summed E-state index contributed by atoms with van der Waals surface area (Å²) >= 11 is 0. The fourth-order valence-corrected chi connectivity index (χ4v) is 2.71. The maximum absolute atomic E-state index is 11.4. The van der Waals surface area contributed by atoms with Crippen LogP contribution in [0.5, 0.6) is 5.75 Å². The van der Waals surface area contributed by atoms with E-state index in [0.29, 0.717) is 12.2 Å². The van der Waals surface area contributed by atoms with Crippen molar-refractivity contribution in [1.82, 2.24) is 0 Å². The van der Waals surface area contributed by atoms with E-state index in [9.17, 15) is 13.2 Å². The number of ether oxygens (including phenoxy) is 1. The van der Waals surface area contributed by atoms with E-state index in [2.05, 4.69) is 0 Å². The average Bonchev–Trinajstić information content (AvgIpc) is 2.61. The zero-order valence-corrected chi connectivity index (χ0v) is 16.3. The lowest BCUT2D eigenvalue weighted by Crippen LogP contribution is -2.36. The lowest BCUT2D eigenvalue weighted by molar-refractivity contribution is -0.147. The Kier molecular flexibility index (Phi) is 8.42. The first-order chi connectivity index (χ1) is 12.5. The molecule has 0 aromatic heterocycles. The Morgan fingerprint density at radius 3 is 2.22 bits per heavy atom. The SMILES string of the molecule is CC(C)[C@H](N)C(=O)OCc1ccccc1.Cc1ccc(O)cc1S(=O)(=O)O. The van der Waals surface area contributed by atoms with E-state index in [-0.39, 0.29) is 22.5 Å². The Morgan fingerprint density at radius 1 is 1.15 bits per heavy atom. The minimum absolute atomic E-state index is 0.105. The highest BCUT2D eigenvalue weighted by atomic mass is 32.2. The van der Waals surface area contributed by atoms with Gasteiger partial charge in [0.1, 0.15) is 23.3 Å². The van der Waals surface area contributed by atoms with Crippen LogP contribution in [0.1, 0.15) is 25.0 Å². The highest BCUT2D eigenvalue weighted by Gasteiger charge is 2.18. The number of hydrogen-bond acceptors (Lipinski definition) is 6. The third-order valence-electron chi connectivity index (χ3n) is 3.66. The normalized spacial score (nSPS) is 12.1. The fourth-order valence-electron chi connectivity index (χ4n) is 1.96. The largest absolute Gasteiger partial charge is 0.508 e. The van der Waals surface area contributed by atoms with Crippen molar-refractivity contribution in [2.24, 2.45) is 11.7 Å². The Bertz CT molecular complexity index is 850. The van der Waals surface area contributed by atoms with Crippen molar-refractivity contribution >= 4 is 16.1 Å². The summed E-state index contributed by atoms with van der Waals surface area (Å²) in [4.78, 5) is 11.1. The number of esters is 1. The molecule has 0 bridgehead atoms. The third-order valence-corrected chi connectivity index (χ3v) is 4.66. The lowest BCUT2D eigenvalue weighted by Gasteiger charge is -2.14. The van der Waals surface area contributed by atoms with Crippen molar-refractivity contribution in [2.75, 3.05) is 0 Å². The topological polar surface area (TPSA) is 127 Å². The van der Waals surface area contributed by atoms with Crippen LogP contribution < -0.4 is 5.73 Å².